The molecule has 2 aromatic heterocycles. The Hall–Kier alpha value is -1.91. The lowest BCUT2D eigenvalue weighted by atomic mass is 10.4. The van der Waals surface area contributed by atoms with E-state index in [0.717, 1.165) is 5.69 Å². The molecule has 0 spiro atoms. The molecule has 2 rings (SSSR count). The van der Waals surface area contributed by atoms with Crippen LogP contribution in [-0.4, -0.2) is 15.0 Å². The Balaban J connectivity index is 2.57. The average molecular weight is 176 g/mol. The Morgan fingerprint density at radius 1 is 1.38 bits per heavy atom. The lowest BCUT2D eigenvalue weighted by Crippen LogP contribution is -1.98. The Labute approximate surface area is 74.6 Å². The first-order valence-corrected chi connectivity index (χ1v) is 3.76. The van der Waals surface area contributed by atoms with E-state index in [1.165, 1.54) is 6.26 Å². The van der Waals surface area contributed by atoms with E-state index < -0.39 is 0 Å². The van der Waals surface area contributed by atoms with Crippen LogP contribution in [0.2, 0.25) is 0 Å². The van der Waals surface area contributed by atoms with Crippen molar-refractivity contribution in [2.24, 2.45) is 0 Å². The molecule has 0 atom stereocenters. The summed E-state index contributed by atoms with van der Waals surface area (Å²) in [6, 6.07) is 0. The van der Waals surface area contributed by atoms with Crippen molar-refractivity contribution in [3.63, 3.8) is 0 Å². The first-order chi connectivity index (χ1) is 6.27. The van der Waals surface area contributed by atoms with Crippen molar-refractivity contribution in [1.82, 2.24) is 15.0 Å². The number of aromatic nitrogens is 3. The van der Waals surface area contributed by atoms with Gasteiger partial charge < -0.3 is 10.2 Å². The number of nitrogens with two attached hydrogens (primary N) is 1. The molecule has 0 amide bonds. The van der Waals surface area contributed by atoms with E-state index in [9.17, 15) is 0 Å². The van der Waals surface area contributed by atoms with Gasteiger partial charge in [0, 0.05) is 0 Å². The largest absolute Gasteiger partial charge is 0.443 e. The molecule has 66 valence electrons. The van der Waals surface area contributed by atoms with Crippen molar-refractivity contribution < 1.29 is 4.42 Å². The molecule has 2 aromatic rings. The molecule has 0 aliphatic carbocycles. The second-order valence-corrected chi connectivity index (χ2v) is 2.58. The predicted molar refractivity (Wildman–Crippen MR) is 46.7 cm³/mol. The molecule has 5 nitrogen and oxygen atoms in total. The summed E-state index contributed by atoms with van der Waals surface area (Å²) in [5, 5.41) is 0. The summed E-state index contributed by atoms with van der Waals surface area (Å²) in [4.78, 5) is 12.1. The number of oxazole rings is 1. The number of nitrogen functional groups attached to an aromatic ring is 1. The third kappa shape index (κ3) is 1.35. The van der Waals surface area contributed by atoms with Crippen LogP contribution in [0.4, 0.5) is 5.82 Å². The van der Waals surface area contributed by atoms with Crippen molar-refractivity contribution >= 4 is 5.82 Å². The number of hydrogen-bond acceptors (Lipinski definition) is 5. The molecule has 0 aliphatic rings. The van der Waals surface area contributed by atoms with E-state index in [4.69, 9.17) is 10.2 Å². The smallest absolute Gasteiger partial charge is 0.248 e. The van der Waals surface area contributed by atoms with Gasteiger partial charge in [-0.25, -0.2) is 15.0 Å². The summed E-state index contributed by atoms with van der Waals surface area (Å²) < 4.78 is 5.06. The summed E-state index contributed by atoms with van der Waals surface area (Å²) >= 11 is 0. The van der Waals surface area contributed by atoms with E-state index in [1.54, 1.807) is 12.4 Å². The minimum absolute atomic E-state index is 0.327. The summed E-state index contributed by atoms with van der Waals surface area (Å²) in [5.74, 6) is 0.724. The van der Waals surface area contributed by atoms with Gasteiger partial charge in [0.05, 0.1) is 18.1 Å². The van der Waals surface area contributed by atoms with Crippen molar-refractivity contribution in [2.75, 3.05) is 5.73 Å². The fourth-order valence-corrected chi connectivity index (χ4v) is 0.984. The SMILES string of the molecule is Cc1cnc(N)c(-c2ncco2)n1. The van der Waals surface area contributed by atoms with E-state index in [0.29, 0.717) is 17.4 Å². The number of hydrogen-bond donors (Lipinski definition) is 1. The van der Waals surface area contributed by atoms with Crippen LogP contribution in [0.15, 0.2) is 23.1 Å². The predicted octanol–water partition coefficient (Wildman–Crippen LogP) is 1.02. The fraction of sp³-hybridized carbons (Fsp3) is 0.125. The van der Waals surface area contributed by atoms with E-state index in [1.807, 2.05) is 6.92 Å². The molecule has 2 N–H and O–H groups in total. The van der Waals surface area contributed by atoms with Crippen molar-refractivity contribution in [3.05, 3.63) is 24.4 Å². The highest BCUT2D eigenvalue weighted by Crippen LogP contribution is 2.19. The Kier molecular flexibility index (Phi) is 1.70. The van der Waals surface area contributed by atoms with Gasteiger partial charge in [0.15, 0.2) is 11.5 Å². The van der Waals surface area contributed by atoms with E-state index in [-0.39, 0.29) is 0 Å². The summed E-state index contributed by atoms with van der Waals surface area (Å²) in [6.07, 6.45) is 4.61. The number of anilines is 1. The van der Waals surface area contributed by atoms with Crippen molar-refractivity contribution in [1.29, 1.82) is 0 Å². The van der Waals surface area contributed by atoms with E-state index in [2.05, 4.69) is 15.0 Å². The molecule has 0 bridgehead atoms. The van der Waals surface area contributed by atoms with Crippen LogP contribution in [0, 0.1) is 6.92 Å². The molecule has 5 heteroatoms. The highest BCUT2D eigenvalue weighted by Gasteiger charge is 2.09. The molecule has 0 fully saturated rings. The second-order valence-electron chi connectivity index (χ2n) is 2.58. The van der Waals surface area contributed by atoms with Gasteiger partial charge in [-0.3, -0.25) is 0 Å². The van der Waals surface area contributed by atoms with Crippen LogP contribution in [0.5, 0.6) is 0 Å². The summed E-state index contributed by atoms with van der Waals surface area (Å²) in [7, 11) is 0. The molecule has 0 unspecified atom stereocenters. The van der Waals surface area contributed by atoms with Crippen molar-refractivity contribution in [2.45, 2.75) is 6.92 Å². The van der Waals surface area contributed by atoms with Gasteiger partial charge in [-0.1, -0.05) is 0 Å². The highest BCUT2D eigenvalue weighted by molar-refractivity contribution is 5.61. The van der Waals surface area contributed by atoms with Crippen LogP contribution >= 0.6 is 0 Å². The van der Waals surface area contributed by atoms with Gasteiger partial charge in [-0.15, -0.1) is 0 Å². The minimum atomic E-state index is 0.327. The molecular weight excluding hydrogens is 168 g/mol. The van der Waals surface area contributed by atoms with Crippen molar-refractivity contribution in [3.8, 4) is 11.6 Å². The first kappa shape index (κ1) is 7.72. The van der Waals surface area contributed by atoms with Crippen LogP contribution in [0.25, 0.3) is 11.6 Å². The molecule has 0 radical (unpaired) electrons. The van der Waals surface area contributed by atoms with Gasteiger partial charge in [-0.2, -0.15) is 0 Å². The quantitative estimate of drug-likeness (QED) is 0.701. The normalized spacial score (nSPS) is 10.2. The summed E-state index contributed by atoms with van der Waals surface area (Å²) in [6.45, 7) is 1.83. The van der Waals surface area contributed by atoms with Gasteiger partial charge in [-0.05, 0) is 6.92 Å². The maximum absolute atomic E-state index is 5.61. The van der Waals surface area contributed by atoms with Crippen LogP contribution < -0.4 is 5.73 Å². The summed E-state index contributed by atoms with van der Waals surface area (Å²) in [5.41, 5.74) is 6.88. The van der Waals surface area contributed by atoms with E-state index >= 15 is 0 Å². The standard InChI is InChI=1S/C8H8N4O/c1-5-4-11-7(9)6(12-5)8-10-2-3-13-8/h2-4H,1H3,(H2,9,11). The molecule has 0 saturated carbocycles. The molecule has 0 aliphatic heterocycles. The maximum atomic E-state index is 5.61. The zero-order valence-corrected chi connectivity index (χ0v) is 7.06. The van der Waals surface area contributed by atoms with Gasteiger partial charge in [0.1, 0.15) is 6.26 Å². The monoisotopic (exact) mass is 176 g/mol. The van der Waals surface area contributed by atoms with Gasteiger partial charge in [0.2, 0.25) is 5.89 Å². The zero-order valence-electron chi connectivity index (χ0n) is 7.06. The highest BCUT2D eigenvalue weighted by atomic mass is 16.3. The third-order valence-corrected chi connectivity index (χ3v) is 1.56. The fourth-order valence-electron chi connectivity index (χ4n) is 0.984. The molecule has 0 saturated heterocycles. The average Bonchev–Trinajstić information content (AvgIpc) is 2.61. The third-order valence-electron chi connectivity index (χ3n) is 1.56. The zero-order chi connectivity index (χ0) is 9.26. The molecule has 13 heavy (non-hydrogen) atoms. The molecular formula is C8H8N4O. The second kappa shape index (κ2) is 2.85. The van der Waals surface area contributed by atoms with Gasteiger partial charge in [0.25, 0.3) is 0 Å². The Morgan fingerprint density at radius 3 is 2.92 bits per heavy atom. The number of aryl methyl sites for hydroxylation is 1. The first-order valence-electron chi connectivity index (χ1n) is 3.76. The van der Waals surface area contributed by atoms with Crippen LogP contribution in [0.3, 0.4) is 0 Å². The maximum Gasteiger partial charge on any atom is 0.248 e. The van der Waals surface area contributed by atoms with Crippen LogP contribution in [-0.2, 0) is 0 Å². The minimum Gasteiger partial charge on any atom is -0.443 e. The number of nitrogens with zero attached hydrogens (tertiary/aromatic N) is 3. The number of rotatable bonds is 1. The topological polar surface area (TPSA) is 77.8 Å². The Bertz CT molecular complexity index is 410. The molecule has 2 heterocycles. The van der Waals surface area contributed by atoms with Crippen LogP contribution in [0.1, 0.15) is 5.69 Å². The lowest BCUT2D eigenvalue weighted by molar-refractivity contribution is 0.572. The van der Waals surface area contributed by atoms with Gasteiger partial charge >= 0.3 is 0 Å². The molecule has 0 aromatic carbocycles. The Morgan fingerprint density at radius 2 is 2.23 bits per heavy atom. The lowest BCUT2D eigenvalue weighted by Gasteiger charge is -1.99.